The van der Waals surface area contributed by atoms with Crippen molar-refractivity contribution >= 4 is 27.3 Å². The molecule has 0 aliphatic carbocycles. The van der Waals surface area contributed by atoms with Crippen LogP contribution in [0.1, 0.15) is 0 Å². The van der Waals surface area contributed by atoms with E-state index in [-0.39, 0.29) is 4.90 Å². The van der Waals surface area contributed by atoms with Crippen molar-refractivity contribution in [3.8, 4) is 0 Å². The lowest BCUT2D eigenvalue weighted by atomic mass is 10.1. The van der Waals surface area contributed by atoms with E-state index >= 15 is 0 Å². The molecule has 1 aromatic carbocycles. The van der Waals surface area contributed by atoms with Gasteiger partial charge >= 0.3 is 0 Å². The topological polar surface area (TPSA) is 87.5 Å². The number of hydrogen-bond donors (Lipinski definition) is 1. The Morgan fingerprint density at radius 3 is 2.72 bits per heavy atom. The molecule has 0 bridgehead atoms. The number of rotatable bonds is 4. The van der Waals surface area contributed by atoms with Gasteiger partial charge in [-0.2, -0.15) is 5.10 Å². The minimum atomic E-state index is -3.82. The van der Waals surface area contributed by atoms with Gasteiger partial charge in [0.25, 0.3) is 0 Å². The van der Waals surface area contributed by atoms with E-state index in [4.69, 9.17) is 0 Å². The second-order valence-electron chi connectivity index (χ2n) is 5.77. The Bertz CT molecular complexity index is 912. The maximum Gasteiger partial charge on any atom is 0.244 e. The average molecular weight is 367 g/mol. The third kappa shape index (κ3) is 3.49. The summed E-state index contributed by atoms with van der Waals surface area (Å²) < 4.78 is 41.5. The maximum atomic E-state index is 13.5. The van der Waals surface area contributed by atoms with Crippen molar-refractivity contribution < 1.29 is 17.6 Å². The number of carbonyl (C=O) groups is 1. The van der Waals surface area contributed by atoms with Crippen LogP contribution < -0.4 is 14.5 Å². The second kappa shape index (κ2) is 6.45. The first kappa shape index (κ1) is 17.4. The number of fused-ring (bicyclic) bond motifs is 1. The lowest BCUT2D eigenvalue weighted by Crippen LogP contribution is -2.46. The van der Waals surface area contributed by atoms with Crippen molar-refractivity contribution in [3.63, 3.8) is 0 Å². The number of hydrogen-bond acceptors (Lipinski definition) is 5. The molecule has 25 heavy (non-hydrogen) atoms. The number of likely N-dealkylation sites (N-methyl/N-ethyl adjacent to an activating group) is 1. The lowest BCUT2D eigenvalue weighted by Gasteiger charge is -2.35. The molecule has 1 aromatic heterocycles. The van der Waals surface area contributed by atoms with Crippen molar-refractivity contribution in [1.82, 2.24) is 14.5 Å². The third-order valence-corrected chi connectivity index (χ3v) is 5.36. The van der Waals surface area contributed by atoms with Crippen molar-refractivity contribution in [3.05, 3.63) is 36.4 Å². The zero-order valence-corrected chi connectivity index (χ0v) is 14.6. The molecule has 0 atom stereocenters. The summed E-state index contributed by atoms with van der Waals surface area (Å²) >= 11 is 0. The Balaban J connectivity index is 1.75. The molecule has 0 unspecified atom stereocenters. The fourth-order valence-electron chi connectivity index (χ4n) is 2.65. The van der Waals surface area contributed by atoms with E-state index < -0.39 is 28.3 Å². The highest BCUT2D eigenvalue weighted by Gasteiger charge is 2.27. The van der Waals surface area contributed by atoms with Gasteiger partial charge in [0.05, 0.1) is 24.1 Å². The molecule has 2 heterocycles. The molecule has 1 amide bonds. The highest BCUT2D eigenvalue weighted by Crippen LogP contribution is 2.32. The molecule has 134 valence electrons. The summed E-state index contributed by atoms with van der Waals surface area (Å²) in [6, 6.07) is 4.15. The number of benzene rings is 1. The molecule has 0 spiro atoms. The number of nitrogens with one attached hydrogen (secondary N) is 1. The molecular weight excluding hydrogens is 349 g/mol. The van der Waals surface area contributed by atoms with Gasteiger partial charge in [-0.3, -0.25) is 9.48 Å². The van der Waals surface area contributed by atoms with Gasteiger partial charge in [0.15, 0.2) is 0 Å². The first-order valence-electron chi connectivity index (χ1n) is 7.57. The number of anilines is 2. The Hall–Kier alpha value is -2.46. The average Bonchev–Trinajstić information content (AvgIpc) is 3.01. The largest absolute Gasteiger partial charge is 0.371 e. The Kier molecular flexibility index (Phi) is 4.48. The predicted molar refractivity (Wildman–Crippen MR) is 90.4 cm³/mol. The van der Waals surface area contributed by atoms with Gasteiger partial charge in [0, 0.05) is 33.4 Å². The summed E-state index contributed by atoms with van der Waals surface area (Å²) in [5.74, 6) is -0.800. The SMILES string of the molecule is CN1CCN(C(=O)CNS(=O)(=O)c2cnn(C)c2)c2ccc(F)cc21. The highest BCUT2D eigenvalue weighted by atomic mass is 32.2. The van der Waals surface area contributed by atoms with Crippen LogP contribution in [0.15, 0.2) is 35.5 Å². The Morgan fingerprint density at radius 2 is 2.04 bits per heavy atom. The van der Waals surface area contributed by atoms with E-state index in [1.807, 2.05) is 11.9 Å². The van der Waals surface area contributed by atoms with Crippen LogP contribution >= 0.6 is 0 Å². The lowest BCUT2D eigenvalue weighted by molar-refractivity contribution is -0.117. The van der Waals surface area contributed by atoms with Gasteiger partial charge in [0.2, 0.25) is 15.9 Å². The summed E-state index contributed by atoms with van der Waals surface area (Å²) in [7, 11) is -0.407. The number of halogens is 1. The molecule has 1 N–H and O–H groups in total. The third-order valence-electron chi connectivity index (χ3n) is 4.00. The molecule has 3 rings (SSSR count). The van der Waals surface area contributed by atoms with Crippen molar-refractivity contribution in [2.75, 3.05) is 36.5 Å². The Morgan fingerprint density at radius 1 is 1.28 bits per heavy atom. The molecule has 10 heteroatoms. The molecule has 0 saturated heterocycles. The van der Waals surface area contributed by atoms with Crippen LogP contribution in [0, 0.1) is 5.82 Å². The number of sulfonamides is 1. The fourth-order valence-corrected chi connectivity index (χ4v) is 3.61. The van der Waals surface area contributed by atoms with E-state index in [1.165, 1.54) is 40.2 Å². The van der Waals surface area contributed by atoms with Gasteiger partial charge in [0.1, 0.15) is 10.7 Å². The molecule has 8 nitrogen and oxygen atoms in total. The van der Waals surface area contributed by atoms with Crippen LogP contribution in [0.3, 0.4) is 0 Å². The maximum absolute atomic E-state index is 13.5. The molecule has 1 aliphatic rings. The van der Waals surface area contributed by atoms with Gasteiger partial charge in [-0.05, 0) is 18.2 Å². The zero-order chi connectivity index (χ0) is 18.2. The van der Waals surface area contributed by atoms with Gasteiger partial charge in [-0.1, -0.05) is 0 Å². The second-order valence-corrected chi connectivity index (χ2v) is 7.54. The Labute approximate surface area is 144 Å². The van der Waals surface area contributed by atoms with Crippen molar-refractivity contribution in [1.29, 1.82) is 0 Å². The molecule has 1 aliphatic heterocycles. The van der Waals surface area contributed by atoms with E-state index in [2.05, 4.69) is 9.82 Å². The van der Waals surface area contributed by atoms with E-state index in [9.17, 15) is 17.6 Å². The monoisotopic (exact) mass is 367 g/mol. The van der Waals surface area contributed by atoms with Crippen LogP contribution in [-0.4, -0.2) is 50.8 Å². The minimum Gasteiger partial charge on any atom is -0.371 e. The predicted octanol–water partition coefficient (Wildman–Crippen LogP) is 0.321. The number of aryl methyl sites for hydroxylation is 1. The summed E-state index contributed by atoms with van der Waals surface area (Å²) in [5, 5.41) is 3.81. The quantitative estimate of drug-likeness (QED) is 0.841. The van der Waals surface area contributed by atoms with Gasteiger partial charge in [-0.25, -0.2) is 17.5 Å². The summed E-state index contributed by atoms with van der Waals surface area (Å²) in [4.78, 5) is 15.8. The molecule has 2 aromatic rings. The van der Waals surface area contributed by atoms with Crippen molar-refractivity contribution in [2.45, 2.75) is 4.90 Å². The smallest absolute Gasteiger partial charge is 0.244 e. The van der Waals surface area contributed by atoms with E-state index in [0.29, 0.717) is 24.5 Å². The van der Waals surface area contributed by atoms with Crippen LogP contribution in [0.2, 0.25) is 0 Å². The highest BCUT2D eigenvalue weighted by molar-refractivity contribution is 7.89. The first-order chi connectivity index (χ1) is 11.8. The summed E-state index contributed by atoms with van der Waals surface area (Å²) in [6.45, 7) is 0.526. The molecule has 0 fully saturated rings. The minimum absolute atomic E-state index is 0.0105. The number of nitrogens with zero attached hydrogens (tertiary/aromatic N) is 4. The molecular formula is C15H18FN5O3S. The normalized spacial score (nSPS) is 14.5. The number of amides is 1. The summed E-state index contributed by atoms with van der Waals surface area (Å²) in [6.07, 6.45) is 2.56. The fraction of sp³-hybridized carbons (Fsp3) is 0.333. The summed E-state index contributed by atoms with van der Waals surface area (Å²) in [5.41, 5.74) is 1.15. The number of aromatic nitrogens is 2. The van der Waals surface area contributed by atoms with Crippen LogP contribution in [-0.2, 0) is 21.9 Å². The van der Waals surface area contributed by atoms with Crippen molar-refractivity contribution in [2.24, 2.45) is 7.05 Å². The van der Waals surface area contributed by atoms with Crippen LogP contribution in [0.25, 0.3) is 0 Å². The van der Waals surface area contributed by atoms with Gasteiger partial charge in [-0.15, -0.1) is 0 Å². The standard InChI is InChI=1S/C15H18FN5O3S/c1-19-5-6-21(13-4-3-11(16)7-14(13)19)15(22)9-18-25(23,24)12-8-17-20(2)10-12/h3-4,7-8,10,18H,5-6,9H2,1-2H3. The number of carbonyl (C=O) groups excluding carboxylic acids is 1. The van der Waals surface area contributed by atoms with Crippen LogP contribution in [0.5, 0.6) is 0 Å². The first-order valence-corrected chi connectivity index (χ1v) is 9.05. The van der Waals surface area contributed by atoms with E-state index in [0.717, 1.165) is 0 Å². The van der Waals surface area contributed by atoms with E-state index in [1.54, 1.807) is 7.05 Å². The van der Waals surface area contributed by atoms with Crippen LogP contribution in [0.4, 0.5) is 15.8 Å². The molecule has 0 saturated carbocycles. The zero-order valence-electron chi connectivity index (χ0n) is 13.8. The van der Waals surface area contributed by atoms with Gasteiger partial charge < -0.3 is 9.80 Å². The molecule has 0 radical (unpaired) electrons.